The van der Waals surface area contributed by atoms with Gasteiger partial charge in [0.2, 0.25) is 15.9 Å². The number of hydrogen-bond donors (Lipinski definition) is 1. The molecular weight excluding hydrogens is 352 g/mol. The van der Waals surface area contributed by atoms with Gasteiger partial charge in [-0.05, 0) is 39.3 Å². The second-order valence-corrected chi connectivity index (χ2v) is 8.72. The molecule has 1 amide bonds. The summed E-state index contributed by atoms with van der Waals surface area (Å²) in [5.74, 6) is -0.137. The van der Waals surface area contributed by atoms with Crippen LogP contribution in [0.25, 0.3) is 0 Å². The summed E-state index contributed by atoms with van der Waals surface area (Å²) in [5.41, 5.74) is 3.90. The largest absolute Gasteiger partial charge is 0.326 e. The topological polar surface area (TPSA) is 84.3 Å². The molecule has 1 aromatic heterocycles. The standard InChI is InChI=1S/C18H26N4O3S/c1-12-7-8-16(13(2)11-12)19-17(23)9-10-22-15(4)18(14(3)20-22)26(24,25)21(5)6/h7-8,11H,9-10H2,1-6H3,(H,19,23). The van der Waals surface area contributed by atoms with Crippen molar-refractivity contribution in [3.05, 3.63) is 40.7 Å². The van der Waals surface area contributed by atoms with E-state index in [1.54, 1.807) is 18.5 Å². The molecule has 0 spiro atoms. The number of benzene rings is 1. The summed E-state index contributed by atoms with van der Waals surface area (Å²) in [6, 6.07) is 5.84. The number of sulfonamides is 1. The molecule has 0 saturated carbocycles. The van der Waals surface area contributed by atoms with Crippen LogP contribution < -0.4 is 5.32 Å². The number of nitrogens with one attached hydrogen (secondary N) is 1. The fourth-order valence-electron chi connectivity index (χ4n) is 2.83. The van der Waals surface area contributed by atoms with Crippen LogP contribution in [0.1, 0.15) is 28.9 Å². The predicted octanol–water partition coefficient (Wildman–Crippen LogP) is 2.40. The smallest absolute Gasteiger partial charge is 0.246 e. The number of rotatable bonds is 6. The molecule has 26 heavy (non-hydrogen) atoms. The van der Waals surface area contributed by atoms with E-state index in [2.05, 4.69) is 10.4 Å². The van der Waals surface area contributed by atoms with Crippen molar-refractivity contribution in [1.82, 2.24) is 14.1 Å². The SMILES string of the molecule is Cc1ccc(NC(=O)CCn2nc(C)c(S(=O)(=O)N(C)C)c2C)c(C)c1. The normalized spacial score (nSPS) is 11.8. The first-order valence-corrected chi connectivity index (χ1v) is 9.81. The Hall–Kier alpha value is -2.19. The molecule has 0 fully saturated rings. The van der Waals surface area contributed by atoms with Crippen LogP contribution in [0.15, 0.2) is 23.1 Å². The number of carbonyl (C=O) groups excluding carboxylic acids is 1. The van der Waals surface area contributed by atoms with Crippen LogP contribution in [-0.2, 0) is 21.4 Å². The van der Waals surface area contributed by atoms with Gasteiger partial charge in [-0.25, -0.2) is 12.7 Å². The Morgan fingerprint density at radius 1 is 1.19 bits per heavy atom. The Morgan fingerprint density at radius 3 is 2.42 bits per heavy atom. The average molecular weight is 378 g/mol. The van der Waals surface area contributed by atoms with E-state index < -0.39 is 10.0 Å². The molecule has 0 aliphatic carbocycles. The highest BCUT2D eigenvalue weighted by molar-refractivity contribution is 7.89. The molecule has 0 aliphatic heterocycles. The molecule has 0 radical (unpaired) electrons. The molecule has 0 unspecified atom stereocenters. The maximum absolute atomic E-state index is 12.4. The molecule has 8 heteroatoms. The molecular formula is C18H26N4O3S. The summed E-state index contributed by atoms with van der Waals surface area (Å²) >= 11 is 0. The Kier molecular flexibility index (Phi) is 5.87. The van der Waals surface area contributed by atoms with Crippen molar-refractivity contribution >= 4 is 21.6 Å². The Morgan fingerprint density at radius 2 is 1.85 bits per heavy atom. The zero-order valence-electron chi connectivity index (χ0n) is 16.1. The van der Waals surface area contributed by atoms with Crippen molar-refractivity contribution in [3.8, 4) is 0 Å². The Balaban J connectivity index is 2.12. The van der Waals surface area contributed by atoms with E-state index in [0.717, 1.165) is 16.8 Å². The van der Waals surface area contributed by atoms with Gasteiger partial charge in [-0.15, -0.1) is 0 Å². The van der Waals surface area contributed by atoms with E-state index in [1.807, 2.05) is 32.0 Å². The molecule has 2 aromatic rings. The molecule has 0 aliphatic rings. The number of anilines is 1. The predicted molar refractivity (Wildman–Crippen MR) is 102 cm³/mol. The van der Waals surface area contributed by atoms with Gasteiger partial charge in [0.1, 0.15) is 4.90 Å². The number of nitrogens with zero attached hydrogens (tertiary/aromatic N) is 3. The average Bonchev–Trinajstić information content (AvgIpc) is 2.82. The van der Waals surface area contributed by atoms with Crippen molar-refractivity contribution in [3.63, 3.8) is 0 Å². The van der Waals surface area contributed by atoms with Gasteiger partial charge in [-0.2, -0.15) is 5.10 Å². The monoisotopic (exact) mass is 378 g/mol. The van der Waals surface area contributed by atoms with Gasteiger partial charge >= 0.3 is 0 Å². The molecule has 7 nitrogen and oxygen atoms in total. The quantitative estimate of drug-likeness (QED) is 0.836. The van der Waals surface area contributed by atoms with Gasteiger partial charge in [-0.3, -0.25) is 9.48 Å². The zero-order chi connectivity index (χ0) is 19.6. The third kappa shape index (κ3) is 4.13. The van der Waals surface area contributed by atoms with Crippen LogP contribution in [-0.4, -0.2) is 42.5 Å². The van der Waals surface area contributed by atoms with Crippen molar-refractivity contribution < 1.29 is 13.2 Å². The van der Waals surface area contributed by atoms with E-state index in [0.29, 0.717) is 17.9 Å². The second-order valence-electron chi connectivity index (χ2n) is 6.63. The van der Waals surface area contributed by atoms with Crippen LogP contribution in [0, 0.1) is 27.7 Å². The fourth-order valence-corrected chi connectivity index (χ4v) is 4.09. The first-order chi connectivity index (χ1) is 12.0. The van der Waals surface area contributed by atoms with Gasteiger partial charge in [-0.1, -0.05) is 17.7 Å². The van der Waals surface area contributed by atoms with E-state index in [-0.39, 0.29) is 17.2 Å². The summed E-state index contributed by atoms with van der Waals surface area (Å²) in [5, 5.41) is 7.19. The fraction of sp³-hybridized carbons (Fsp3) is 0.444. The molecule has 1 aromatic carbocycles. The minimum absolute atomic E-state index is 0.137. The lowest BCUT2D eigenvalue weighted by molar-refractivity contribution is -0.116. The molecule has 2 rings (SSSR count). The van der Waals surface area contributed by atoms with Gasteiger partial charge < -0.3 is 5.32 Å². The summed E-state index contributed by atoms with van der Waals surface area (Å²) in [6.07, 6.45) is 0.205. The summed E-state index contributed by atoms with van der Waals surface area (Å²) in [7, 11) is -0.587. The minimum atomic E-state index is -3.56. The molecule has 0 bridgehead atoms. The minimum Gasteiger partial charge on any atom is -0.326 e. The highest BCUT2D eigenvalue weighted by Gasteiger charge is 2.26. The lowest BCUT2D eigenvalue weighted by atomic mass is 10.1. The zero-order valence-corrected chi connectivity index (χ0v) is 16.9. The maximum atomic E-state index is 12.4. The van der Waals surface area contributed by atoms with Crippen molar-refractivity contribution in [2.24, 2.45) is 0 Å². The number of carbonyl (C=O) groups is 1. The van der Waals surface area contributed by atoms with Crippen LogP contribution in [0.4, 0.5) is 5.69 Å². The lowest BCUT2D eigenvalue weighted by Crippen LogP contribution is -2.23. The number of aromatic nitrogens is 2. The highest BCUT2D eigenvalue weighted by Crippen LogP contribution is 2.22. The lowest BCUT2D eigenvalue weighted by Gasteiger charge is -2.12. The molecule has 142 valence electrons. The Labute approximate surface area is 155 Å². The Bertz CT molecular complexity index is 930. The summed E-state index contributed by atoms with van der Waals surface area (Å²) in [4.78, 5) is 12.5. The number of aryl methyl sites for hydroxylation is 4. The first-order valence-electron chi connectivity index (χ1n) is 8.37. The highest BCUT2D eigenvalue weighted by atomic mass is 32.2. The van der Waals surface area contributed by atoms with Crippen molar-refractivity contribution in [2.45, 2.75) is 45.6 Å². The van der Waals surface area contributed by atoms with E-state index in [9.17, 15) is 13.2 Å². The van der Waals surface area contributed by atoms with E-state index in [1.165, 1.54) is 18.4 Å². The van der Waals surface area contributed by atoms with Gasteiger partial charge in [0, 0.05) is 26.2 Å². The molecule has 1 heterocycles. The van der Waals surface area contributed by atoms with E-state index in [4.69, 9.17) is 0 Å². The third-order valence-corrected chi connectivity index (χ3v) is 6.33. The number of hydrogen-bond acceptors (Lipinski definition) is 4. The van der Waals surface area contributed by atoms with Crippen molar-refractivity contribution in [1.29, 1.82) is 0 Å². The first kappa shape index (κ1) is 20.1. The maximum Gasteiger partial charge on any atom is 0.246 e. The van der Waals surface area contributed by atoms with Crippen LogP contribution in [0.2, 0.25) is 0 Å². The molecule has 1 N–H and O–H groups in total. The van der Waals surface area contributed by atoms with Gasteiger partial charge in [0.15, 0.2) is 0 Å². The third-order valence-electron chi connectivity index (χ3n) is 4.26. The second kappa shape index (κ2) is 7.59. The van der Waals surface area contributed by atoms with Gasteiger partial charge in [0.25, 0.3) is 0 Å². The molecule has 0 saturated heterocycles. The van der Waals surface area contributed by atoms with Crippen LogP contribution in [0.3, 0.4) is 0 Å². The molecule has 0 atom stereocenters. The van der Waals surface area contributed by atoms with E-state index >= 15 is 0 Å². The van der Waals surface area contributed by atoms with Gasteiger partial charge in [0.05, 0.1) is 17.9 Å². The van der Waals surface area contributed by atoms with Crippen LogP contribution >= 0.6 is 0 Å². The summed E-state index contributed by atoms with van der Waals surface area (Å²) in [6.45, 7) is 7.63. The van der Waals surface area contributed by atoms with Crippen molar-refractivity contribution in [2.75, 3.05) is 19.4 Å². The number of amides is 1. The van der Waals surface area contributed by atoms with Crippen LogP contribution in [0.5, 0.6) is 0 Å². The summed E-state index contributed by atoms with van der Waals surface area (Å²) < 4.78 is 27.6.